The Morgan fingerprint density at radius 3 is 2.48 bits per heavy atom. The molecule has 0 bridgehead atoms. The molecule has 3 heterocycles. The summed E-state index contributed by atoms with van der Waals surface area (Å²) in [4.78, 5) is 24.9. The fraction of sp³-hybridized carbons (Fsp3) is 0.421. The molecule has 2 fully saturated rings. The van der Waals surface area contributed by atoms with Crippen LogP contribution in [0.15, 0.2) is 41.7 Å². The summed E-state index contributed by atoms with van der Waals surface area (Å²) in [7, 11) is 0. The first-order valence-electron chi connectivity index (χ1n) is 9.84. The van der Waals surface area contributed by atoms with E-state index in [-0.39, 0.29) is 11.6 Å². The minimum Gasteiger partial charge on any atom is -0.366 e. The minimum absolute atomic E-state index is 0.242. The van der Waals surface area contributed by atoms with Gasteiger partial charge in [0.15, 0.2) is 5.82 Å². The average molecular weight is 391 g/mol. The lowest BCUT2D eigenvalue weighted by Crippen LogP contribution is -2.23. The SMILES string of the molecule is O=c1cccnn1-c1cnc(N[C@H]2CC[C@H](Nc3ncc(C4CC4)nn3)C2)cn1. The first kappa shape index (κ1) is 17.7. The van der Waals surface area contributed by atoms with E-state index in [1.807, 2.05) is 6.20 Å². The smallest absolute Gasteiger partial charge is 0.272 e. The van der Waals surface area contributed by atoms with Crippen LogP contribution in [-0.2, 0) is 0 Å². The fourth-order valence-electron chi connectivity index (χ4n) is 3.59. The van der Waals surface area contributed by atoms with Crippen molar-refractivity contribution < 1.29 is 0 Å². The molecule has 5 rings (SSSR count). The van der Waals surface area contributed by atoms with E-state index < -0.39 is 0 Å². The van der Waals surface area contributed by atoms with Crippen molar-refractivity contribution in [3.05, 3.63) is 53.0 Å². The number of hydrogen-bond acceptors (Lipinski definition) is 9. The lowest BCUT2D eigenvalue weighted by molar-refractivity contribution is 0.709. The highest BCUT2D eigenvalue weighted by atomic mass is 16.1. The molecule has 148 valence electrons. The summed E-state index contributed by atoms with van der Waals surface area (Å²) < 4.78 is 1.22. The Kier molecular flexibility index (Phi) is 4.59. The molecule has 0 unspecified atom stereocenters. The lowest BCUT2D eigenvalue weighted by Gasteiger charge is -2.15. The van der Waals surface area contributed by atoms with Crippen LogP contribution in [0.4, 0.5) is 11.8 Å². The van der Waals surface area contributed by atoms with Gasteiger partial charge in [0.05, 0.1) is 24.3 Å². The van der Waals surface area contributed by atoms with Gasteiger partial charge in [0.25, 0.3) is 5.56 Å². The van der Waals surface area contributed by atoms with Crippen molar-refractivity contribution in [3.8, 4) is 5.82 Å². The maximum atomic E-state index is 11.8. The quantitative estimate of drug-likeness (QED) is 0.644. The van der Waals surface area contributed by atoms with Gasteiger partial charge in [-0.25, -0.2) is 15.0 Å². The van der Waals surface area contributed by atoms with E-state index in [0.717, 1.165) is 25.0 Å². The van der Waals surface area contributed by atoms with Crippen LogP contribution in [-0.4, -0.2) is 47.0 Å². The van der Waals surface area contributed by atoms with E-state index in [4.69, 9.17) is 0 Å². The van der Waals surface area contributed by atoms with Crippen LogP contribution in [0.1, 0.15) is 43.7 Å². The number of nitrogens with zero attached hydrogens (tertiary/aromatic N) is 7. The zero-order valence-corrected chi connectivity index (χ0v) is 15.8. The first-order chi connectivity index (χ1) is 14.2. The highest BCUT2D eigenvalue weighted by Gasteiger charge is 2.27. The largest absolute Gasteiger partial charge is 0.366 e. The van der Waals surface area contributed by atoms with Crippen molar-refractivity contribution in [2.24, 2.45) is 0 Å². The van der Waals surface area contributed by atoms with Gasteiger partial charge in [-0.15, -0.1) is 10.2 Å². The van der Waals surface area contributed by atoms with Crippen LogP contribution < -0.4 is 16.2 Å². The third-order valence-corrected chi connectivity index (χ3v) is 5.26. The Hall–Kier alpha value is -3.43. The van der Waals surface area contributed by atoms with Crippen molar-refractivity contribution in [2.75, 3.05) is 10.6 Å². The zero-order valence-electron chi connectivity index (χ0n) is 15.8. The zero-order chi connectivity index (χ0) is 19.6. The van der Waals surface area contributed by atoms with Crippen molar-refractivity contribution in [1.82, 2.24) is 34.9 Å². The van der Waals surface area contributed by atoms with Gasteiger partial charge >= 0.3 is 0 Å². The predicted octanol–water partition coefficient (Wildman–Crippen LogP) is 1.53. The van der Waals surface area contributed by atoms with Crippen molar-refractivity contribution in [2.45, 2.75) is 50.1 Å². The summed E-state index contributed by atoms with van der Waals surface area (Å²) in [5, 5.41) is 19.3. The standard InChI is InChI=1S/C19H21N9O/c29-18-2-1-7-23-28(18)17-11-20-16(10-21-17)24-13-5-6-14(8-13)25-19-22-9-15(26-27-19)12-3-4-12/h1-2,7,9-14H,3-6,8H2,(H,20,24)(H,22,25,27)/t13-,14-/m0/s1. The summed E-state index contributed by atoms with van der Waals surface area (Å²) in [6, 6.07) is 3.60. The Morgan fingerprint density at radius 1 is 0.931 bits per heavy atom. The van der Waals surface area contributed by atoms with Gasteiger partial charge in [-0.2, -0.15) is 9.78 Å². The van der Waals surface area contributed by atoms with E-state index in [1.54, 1.807) is 24.7 Å². The summed E-state index contributed by atoms with van der Waals surface area (Å²) in [5.74, 6) is 2.22. The first-order valence-corrected chi connectivity index (χ1v) is 9.84. The maximum Gasteiger partial charge on any atom is 0.272 e. The Labute approximate surface area is 166 Å². The Bertz CT molecular complexity index is 1030. The number of aromatic nitrogens is 7. The van der Waals surface area contributed by atoms with Crippen LogP contribution in [0, 0.1) is 0 Å². The predicted molar refractivity (Wildman–Crippen MR) is 106 cm³/mol. The molecule has 29 heavy (non-hydrogen) atoms. The number of hydrogen-bond donors (Lipinski definition) is 2. The second kappa shape index (κ2) is 7.53. The van der Waals surface area contributed by atoms with Gasteiger partial charge in [-0.1, -0.05) is 0 Å². The molecule has 0 aliphatic heterocycles. The molecule has 10 heteroatoms. The molecule has 2 atom stereocenters. The topological polar surface area (TPSA) is 123 Å². The molecular formula is C19H21N9O. The molecule has 0 spiro atoms. The van der Waals surface area contributed by atoms with Crippen LogP contribution in [0.5, 0.6) is 0 Å². The van der Waals surface area contributed by atoms with Gasteiger partial charge in [0, 0.05) is 30.3 Å². The van der Waals surface area contributed by atoms with Gasteiger partial charge in [-0.05, 0) is 38.2 Å². The molecular weight excluding hydrogens is 370 g/mol. The Balaban J connectivity index is 1.16. The molecule has 3 aromatic heterocycles. The van der Waals surface area contributed by atoms with E-state index in [0.29, 0.717) is 29.5 Å². The molecule has 2 N–H and O–H groups in total. The molecule has 2 saturated carbocycles. The van der Waals surface area contributed by atoms with Crippen LogP contribution in [0.3, 0.4) is 0 Å². The monoisotopic (exact) mass is 391 g/mol. The molecule has 2 aliphatic rings. The molecule has 0 saturated heterocycles. The normalized spacial score (nSPS) is 21.1. The highest BCUT2D eigenvalue weighted by Crippen LogP contribution is 2.38. The number of nitrogens with one attached hydrogen (secondary N) is 2. The van der Waals surface area contributed by atoms with E-state index >= 15 is 0 Å². The number of anilines is 2. The molecule has 0 aromatic carbocycles. The van der Waals surface area contributed by atoms with Crippen molar-refractivity contribution >= 4 is 11.8 Å². The third kappa shape index (κ3) is 4.05. The van der Waals surface area contributed by atoms with Crippen molar-refractivity contribution in [1.29, 1.82) is 0 Å². The van der Waals surface area contributed by atoms with Gasteiger partial charge in [0.2, 0.25) is 5.95 Å². The molecule has 10 nitrogen and oxygen atoms in total. The van der Waals surface area contributed by atoms with E-state index in [1.165, 1.54) is 23.6 Å². The van der Waals surface area contributed by atoms with E-state index in [2.05, 4.69) is 40.9 Å². The summed E-state index contributed by atoms with van der Waals surface area (Å²) in [6.45, 7) is 0. The van der Waals surface area contributed by atoms with Gasteiger partial charge in [-0.3, -0.25) is 4.79 Å². The molecule has 2 aliphatic carbocycles. The van der Waals surface area contributed by atoms with E-state index in [9.17, 15) is 4.79 Å². The van der Waals surface area contributed by atoms with Crippen LogP contribution >= 0.6 is 0 Å². The van der Waals surface area contributed by atoms with Crippen LogP contribution in [0.25, 0.3) is 5.82 Å². The minimum atomic E-state index is -0.242. The fourth-order valence-corrected chi connectivity index (χ4v) is 3.59. The third-order valence-electron chi connectivity index (χ3n) is 5.26. The summed E-state index contributed by atoms with van der Waals surface area (Å²) >= 11 is 0. The highest BCUT2D eigenvalue weighted by molar-refractivity contribution is 5.36. The maximum absolute atomic E-state index is 11.8. The van der Waals surface area contributed by atoms with Gasteiger partial charge in [0.1, 0.15) is 5.82 Å². The molecule has 0 radical (unpaired) electrons. The molecule has 3 aromatic rings. The van der Waals surface area contributed by atoms with Crippen molar-refractivity contribution in [3.63, 3.8) is 0 Å². The summed E-state index contributed by atoms with van der Waals surface area (Å²) in [5.41, 5.74) is 0.755. The average Bonchev–Trinajstić information content (AvgIpc) is 3.51. The van der Waals surface area contributed by atoms with Gasteiger partial charge < -0.3 is 10.6 Å². The van der Waals surface area contributed by atoms with Crippen LogP contribution in [0.2, 0.25) is 0 Å². The lowest BCUT2D eigenvalue weighted by atomic mass is 10.2. The summed E-state index contributed by atoms with van der Waals surface area (Å²) in [6.07, 6.45) is 11.9. The number of rotatable bonds is 6. The molecule has 0 amide bonds. The Morgan fingerprint density at radius 2 is 1.79 bits per heavy atom. The second-order valence-electron chi connectivity index (χ2n) is 7.51. The second-order valence-corrected chi connectivity index (χ2v) is 7.51.